The van der Waals surface area contributed by atoms with E-state index in [1.807, 2.05) is 7.05 Å². The van der Waals surface area contributed by atoms with Gasteiger partial charge in [-0.1, -0.05) is 6.92 Å². The summed E-state index contributed by atoms with van der Waals surface area (Å²) in [4.78, 5) is 2.11. The maximum Gasteiger partial charge on any atom is 0.264 e. The van der Waals surface area contributed by atoms with Crippen molar-refractivity contribution in [2.45, 2.75) is 38.2 Å². The van der Waals surface area contributed by atoms with Crippen LogP contribution in [0.5, 0.6) is 0 Å². The van der Waals surface area contributed by atoms with E-state index in [0.29, 0.717) is 13.0 Å². The van der Waals surface area contributed by atoms with E-state index in [9.17, 15) is 8.78 Å². The van der Waals surface area contributed by atoms with Gasteiger partial charge in [-0.15, -0.1) is 0 Å². The summed E-state index contributed by atoms with van der Waals surface area (Å²) in [5.41, 5.74) is 0. The minimum atomic E-state index is -2.49. The normalized spacial score (nSPS) is 25.9. The molecule has 0 amide bonds. The lowest BCUT2D eigenvalue weighted by molar-refractivity contribution is -0.0150. The van der Waals surface area contributed by atoms with Crippen LogP contribution in [0.25, 0.3) is 0 Å². The van der Waals surface area contributed by atoms with E-state index in [4.69, 9.17) is 0 Å². The van der Waals surface area contributed by atoms with Crippen LogP contribution in [-0.2, 0) is 0 Å². The van der Waals surface area contributed by atoms with Crippen molar-refractivity contribution in [1.29, 1.82) is 0 Å². The molecule has 0 spiro atoms. The average Bonchev–Trinajstić information content (AvgIpc) is 2.42. The minimum Gasteiger partial charge on any atom is -0.308 e. The van der Waals surface area contributed by atoms with Crippen LogP contribution in [0.4, 0.5) is 8.78 Å². The maximum absolute atomic E-state index is 13.2. The molecule has 1 heterocycles. The van der Waals surface area contributed by atoms with Crippen molar-refractivity contribution in [2.24, 2.45) is 0 Å². The van der Waals surface area contributed by atoms with Gasteiger partial charge in [-0.2, -0.15) is 0 Å². The SMILES string of the molecule is CCCN(C)CCC1NCCC1(F)F. The third-order valence-electron chi connectivity index (χ3n) is 2.76. The molecule has 1 saturated heterocycles. The Bertz CT molecular complexity index is 174. The van der Waals surface area contributed by atoms with Crippen LogP contribution >= 0.6 is 0 Å². The van der Waals surface area contributed by atoms with E-state index in [-0.39, 0.29) is 6.42 Å². The van der Waals surface area contributed by atoms with Gasteiger partial charge in [0.2, 0.25) is 0 Å². The van der Waals surface area contributed by atoms with E-state index in [1.165, 1.54) is 0 Å². The number of rotatable bonds is 5. The summed E-state index contributed by atoms with van der Waals surface area (Å²) >= 11 is 0. The van der Waals surface area contributed by atoms with Crippen LogP contribution in [0.2, 0.25) is 0 Å². The van der Waals surface area contributed by atoms with Crippen LogP contribution < -0.4 is 5.32 Å². The second kappa shape index (κ2) is 5.03. The first-order valence-electron chi connectivity index (χ1n) is 5.36. The number of nitrogens with one attached hydrogen (secondary N) is 1. The first-order chi connectivity index (χ1) is 6.56. The lowest BCUT2D eigenvalue weighted by Crippen LogP contribution is -2.38. The van der Waals surface area contributed by atoms with E-state index in [2.05, 4.69) is 17.1 Å². The van der Waals surface area contributed by atoms with Gasteiger partial charge in [-0.05, 0) is 33.0 Å². The molecule has 0 aliphatic carbocycles. The van der Waals surface area contributed by atoms with Crippen molar-refractivity contribution >= 4 is 0 Å². The predicted octanol–water partition coefficient (Wildman–Crippen LogP) is 1.72. The molecule has 1 atom stereocenters. The molecule has 84 valence electrons. The zero-order chi connectivity index (χ0) is 10.6. The summed E-state index contributed by atoms with van der Waals surface area (Å²) in [6, 6.07) is -0.609. The molecule has 0 saturated carbocycles. The number of alkyl halides is 2. The van der Waals surface area contributed by atoms with Gasteiger partial charge in [0, 0.05) is 13.0 Å². The summed E-state index contributed by atoms with van der Waals surface area (Å²) in [7, 11) is 1.98. The molecule has 0 bridgehead atoms. The van der Waals surface area contributed by atoms with E-state index < -0.39 is 12.0 Å². The second-order valence-electron chi connectivity index (χ2n) is 4.11. The predicted molar refractivity (Wildman–Crippen MR) is 53.8 cm³/mol. The number of hydrogen-bond donors (Lipinski definition) is 1. The van der Waals surface area contributed by atoms with Crippen molar-refractivity contribution in [3.05, 3.63) is 0 Å². The first kappa shape index (κ1) is 11.9. The molecule has 14 heavy (non-hydrogen) atoms. The fraction of sp³-hybridized carbons (Fsp3) is 1.00. The first-order valence-corrected chi connectivity index (χ1v) is 5.36. The number of nitrogens with zero attached hydrogens (tertiary/aromatic N) is 1. The topological polar surface area (TPSA) is 15.3 Å². The lowest BCUT2D eigenvalue weighted by atomic mass is 10.1. The molecule has 1 unspecified atom stereocenters. The zero-order valence-electron chi connectivity index (χ0n) is 9.02. The fourth-order valence-corrected chi connectivity index (χ4v) is 1.89. The average molecular weight is 206 g/mol. The highest BCUT2D eigenvalue weighted by molar-refractivity contribution is 4.90. The Morgan fingerprint density at radius 1 is 1.43 bits per heavy atom. The van der Waals surface area contributed by atoms with Gasteiger partial charge in [0.25, 0.3) is 5.92 Å². The second-order valence-corrected chi connectivity index (χ2v) is 4.11. The molecule has 1 N–H and O–H groups in total. The Kier molecular flexibility index (Phi) is 4.26. The standard InChI is InChI=1S/C10H20F2N2/c1-3-7-14(2)8-4-9-10(11,12)5-6-13-9/h9,13H,3-8H2,1-2H3. The Hall–Kier alpha value is -0.220. The number of halogens is 2. The maximum atomic E-state index is 13.2. The monoisotopic (exact) mass is 206 g/mol. The van der Waals surface area contributed by atoms with Gasteiger partial charge in [0.15, 0.2) is 0 Å². The third-order valence-corrected chi connectivity index (χ3v) is 2.76. The van der Waals surface area contributed by atoms with Crippen molar-refractivity contribution < 1.29 is 8.78 Å². The molecular formula is C10H20F2N2. The highest BCUT2D eigenvalue weighted by Gasteiger charge is 2.43. The fourth-order valence-electron chi connectivity index (χ4n) is 1.89. The summed E-state index contributed by atoms with van der Waals surface area (Å²) in [5, 5.41) is 2.87. The summed E-state index contributed by atoms with van der Waals surface area (Å²) in [5.74, 6) is -2.49. The van der Waals surface area contributed by atoms with Gasteiger partial charge in [-0.3, -0.25) is 0 Å². The summed E-state index contributed by atoms with van der Waals surface area (Å²) in [6.07, 6.45) is 1.61. The van der Waals surface area contributed by atoms with E-state index in [1.54, 1.807) is 0 Å². The van der Waals surface area contributed by atoms with Crippen LogP contribution in [-0.4, -0.2) is 43.5 Å². The summed E-state index contributed by atoms with van der Waals surface area (Å²) in [6.45, 7) is 4.29. The molecule has 0 aromatic rings. The molecular weight excluding hydrogens is 186 g/mol. The highest BCUT2D eigenvalue weighted by Crippen LogP contribution is 2.29. The van der Waals surface area contributed by atoms with Gasteiger partial charge in [-0.25, -0.2) is 8.78 Å². The smallest absolute Gasteiger partial charge is 0.264 e. The highest BCUT2D eigenvalue weighted by atomic mass is 19.3. The minimum absolute atomic E-state index is 0.00480. The Balaban J connectivity index is 2.24. The third kappa shape index (κ3) is 3.17. The van der Waals surface area contributed by atoms with Crippen molar-refractivity contribution in [2.75, 3.05) is 26.7 Å². The molecule has 1 aliphatic heterocycles. The lowest BCUT2D eigenvalue weighted by Gasteiger charge is -2.22. The molecule has 1 aliphatic rings. The van der Waals surface area contributed by atoms with Crippen molar-refractivity contribution in [3.8, 4) is 0 Å². The largest absolute Gasteiger partial charge is 0.308 e. The van der Waals surface area contributed by atoms with Crippen molar-refractivity contribution in [1.82, 2.24) is 10.2 Å². The van der Waals surface area contributed by atoms with Gasteiger partial charge in [0.05, 0.1) is 6.04 Å². The Labute approximate surface area is 84.7 Å². The van der Waals surface area contributed by atoms with Gasteiger partial charge < -0.3 is 10.2 Å². The van der Waals surface area contributed by atoms with Gasteiger partial charge in [0.1, 0.15) is 0 Å². The molecule has 0 radical (unpaired) electrons. The molecule has 1 fully saturated rings. The quantitative estimate of drug-likeness (QED) is 0.736. The number of hydrogen-bond acceptors (Lipinski definition) is 2. The van der Waals surface area contributed by atoms with Crippen molar-refractivity contribution in [3.63, 3.8) is 0 Å². The Morgan fingerprint density at radius 3 is 2.64 bits per heavy atom. The molecule has 2 nitrogen and oxygen atoms in total. The van der Waals surface area contributed by atoms with Crippen LogP contribution in [0.15, 0.2) is 0 Å². The molecule has 0 aromatic carbocycles. The zero-order valence-corrected chi connectivity index (χ0v) is 9.02. The van der Waals surface area contributed by atoms with Gasteiger partial charge >= 0.3 is 0 Å². The molecule has 4 heteroatoms. The Morgan fingerprint density at radius 2 is 2.14 bits per heavy atom. The van der Waals surface area contributed by atoms with Crippen LogP contribution in [0.1, 0.15) is 26.2 Å². The molecule has 0 aromatic heterocycles. The van der Waals surface area contributed by atoms with Crippen LogP contribution in [0, 0.1) is 0 Å². The van der Waals surface area contributed by atoms with E-state index in [0.717, 1.165) is 19.5 Å². The van der Waals surface area contributed by atoms with E-state index >= 15 is 0 Å². The molecule has 1 rings (SSSR count). The van der Waals surface area contributed by atoms with Crippen LogP contribution in [0.3, 0.4) is 0 Å². The summed E-state index contributed by atoms with van der Waals surface area (Å²) < 4.78 is 26.3.